The van der Waals surface area contributed by atoms with Gasteiger partial charge >= 0.3 is 0 Å². The number of hydrogen-bond acceptors (Lipinski definition) is 3. The van der Waals surface area contributed by atoms with Crippen LogP contribution in [0.1, 0.15) is 19.7 Å². The predicted octanol–water partition coefficient (Wildman–Crippen LogP) is 2.00. The molecule has 90 valence electrons. The number of nitrogens with one attached hydrogen (secondary N) is 1. The molecule has 0 aliphatic heterocycles. The van der Waals surface area contributed by atoms with Gasteiger partial charge in [0, 0.05) is 12.6 Å². The highest BCUT2D eigenvalue weighted by molar-refractivity contribution is 5.52. The first-order valence-electron chi connectivity index (χ1n) is 5.76. The molecule has 0 aliphatic rings. The minimum absolute atomic E-state index is 0.0687. The predicted molar refractivity (Wildman–Crippen MR) is 68.4 cm³/mol. The lowest BCUT2D eigenvalue weighted by Crippen LogP contribution is -2.26. The van der Waals surface area contributed by atoms with Crippen LogP contribution in [0.4, 0.5) is 0 Å². The molecule has 2 rings (SSSR count). The van der Waals surface area contributed by atoms with Gasteiger partial charge in [-0.05, 0) is 24.1 Å². The lowest BCUT2D eigenvalue weighted by atomic mass is 9.89. The Hall–Kier alpha value is -1.68. The summed E-state index contributed by atoms with van der Waals surface area (Å²) in [5.41, 5.74) is 7.65. The maximum Gasteiger partial charge on any atom is 0.107 e. The zero-order chi connectivity index (χ0) is 12.3. The number of H-pyrrole nitrogens is 1. The number of imidazole rings is 1. The Bertz CT molecular complexity index is 473. The molecule has 3 N–H and O–H groups in total. The summed E-state index contributed by atoms with van der Waals surface area (Å²) in [6.07, 6.45) is 4.44. The number of rotatable bonds is 4. The number of aromatic amines is 1. The smallest absolute Gasteiger partial charge is 0.107 e. The van der Waals surface area contributed by atoms with E-state index >= 15 is 0 Å². The van der Waals surface area contributed by atoms with Crippen molar-refractivity contribution in [3.63, 3.8) is 0 Å². The fraction of sp³-hybridized carbons (Fsp3) is 0.385. The Morgan fingerprint density at radius 1 is 1.29 bits per heavy atom. The summed E-state index contributed by atoms with van der Waals surface area (Å²) in [5, 5.41) is 0. The maximum atomic E-state index is 5.72. The van der Waals surface area contributed by atoms with Gasteiger partial charge in [0.2, 0.25) is 0 Å². The molecule has 4 heteroatoms. The van der Waals surface area contributed by atoms with Crippen LogP contribution in [-0.2, 0) is 6.42 Å². The molecule has 0 saturated carbocycles. The molecule has 0 spiro atoms. The quantitative estimate of drug-likeness (QED) is 0.844. The van der Waals surface area contributed by atoms with Crippen LogP contribution < -0.4 is 5.73 Å². The molecule has 0 fully saturated rings. The Morgan fingerprint density at radius 2 is 2.12 bits per heavy atom. The molecular formula is C13H18N4. The molecule has 2 aromatic rings. The van der Waals surface area contributed by atoms with Crippen molar-refractivity contribution in [3.05, 3.63) is 36.4 Å². The van der Waals surface area contributed by atoms with Crippen molar-refractivity contribution in [1.82, 2.24) is 15.0 Å². The Balaban J connectivity index is 2.17. The molecule has 17 heavy (non-hydrogen) atoms. The van der Waals surface area contributed by atoms with Gasteiger partial charge in [0.1, 0.15) is 5.82 Å². The lowest BCUT2D eigenvalue weighted by molar-refractivity contribution is 0.369. The number of nitrogens with two attached hydrogens (primary N) is 1. The molecule has 0 amide bonds. The second-order valence-electron chi connectivity index (χ2n) is 5.00. The van der Waals surface area contributed by atoms with Crippen LogP contribution in [-0.4, -0.2) is 21.5 Å². The van der Waals surface area contributed by atoms with Crippen LogP contribution in [0.3, 0.4) is 0 Å². The average Bonchev–Trinajstić information content (AvgIpc) is 2.78. The van der Waals surface area contributed by atoms with Crippen LogP contribution in [0, 0.1) is 5.41 Å². The highest BCUT2D eigenvalue weighted by Gasteiger charge is 2.18. The molecule has 4 nitrogen and oxygen atoms in total. The molecule has 0 radical (unpaired) electrons. The monoisotopic (exact) mass is 230 g/mol. The van der Waals surface area contributed by atoms with E-state index in [1.165, 1.54) is 0 Å². The van der Waals surface area contributed by atoms with Gasteiger partial charge < -0.3 is 10.7 Å². The first-order chi connectivity index (χ1) is 8.11. The summed E-state index contributed by atoms with van der Waals surface area (Å²) in [6.45, 7) is 4.92. The minimum atomic E-state index is 0.0687. The highest BCUT2D eigenvalue weighted by Crippen LogP contribution is 2.20. The second kappa shape index (κ2) is 4.67. The van der Waals surface area contributed by atoms with Crippen LogP contribution >= 0.6 is 0 Å². The Labute approximate surface area is 101 Å². The first kappa shape index (κ1) is 11.8. The van der Waals surface area contributed by atoms with Crippen LogP contribution in [0.15, 0.2) is 30.6 Å². The van der Waals surface area contributed by atoms with Gasteiger partial charge in [-0.25, -0.2) is 4.98 Å². The summed E-state index contributed by atoms with van der Waals surface area (Å²) in [7, 11) is 0. The number of aromatic nitrogens is 3. The molecule has 0 bridgehead atoms. The van der Waals surface area contributed by atoms with E-state index in [9.17, 15) is 0 Å². The summed E-state index contributed by atoms with van der Waals surface area (Å²) in [5.74, 6) is 0.959. The SMILES string of the molecule is CC(C)(CN)Cc1ncc(-c2ccccn2)[nH]1. The highest BCUT2D eigenvalue weighted by atomic mass is 14.9. The Morgan fingerprint density at radius 3 is 2.76 bits per heavy atom. The third-order valence-corrected chi connectivity index (χ3v) is 2.77. The van der Waals surface area contributed by atoms with Gasteiger partial charge in [-0.3, -0.25) is 4.98 Å². The minimum Gasteiger partial charge on any atom is -0.341 e. The zero-order valence-corrected chi connectivity index (χ0v) is 10.3. The molecule has 0 unspecified atom stereocenters. The maximum absolute atomic E-state index is 5.72. The van der Waals surface area contributed by atoms with Crippen LogP contribution in [0.25, 0.3) is 11.4 Å². The summed E-state index contributed by atoms with van der Waals surface area (Å²) < 4.78 is 0. The van der Waals surface area contributed by atoms with E-state index in [0.29, 0.717) is 6.54 Å². The van der Waals surface area contributed by atoms with Crippen molar-refractivity contribution in [1.29, 1.82) is 0 Å². The fourth-order valence-electron chi connectivity index (χ4n) is 1.63. The molecule has 2 aromatic heterocycles. The molecule has 0 atom stereocenters. The van der Waals surface area contributed by atoms with Crippen molar-refractivity contribution in [3.8, 4) is 11.4 Å². The molecule has 0 aliphatic carbocycles. The third-order valence-electron chi connectivity index (χ3n) is 2.77. The van der Waals surface area contributed by atoms with Gasteiger partial charge in [0.15, 0.2) is 0 Å². The van der Waals surface area contributed by atoms with E-state index in [1.54, 1.807) is 6.20 Å². The van der Waals surface area contributed by atoms with Gasteiger partial charge in [-0.2, -0.15) is 0 Å². The Kier molecular flexibility index (Phi) is 3.24. The van der Waals surface area contributed by atoms with E-state index in [4.69, 9.17) is 5.73 Å². The molecular weight excluding hydrogens is 212 g/mol. The van der Waals surface area contributed by atoms with E-state index in [2.05, 4.69) is 28.8 Å². The van der Waals surface area contributed by atoms with Crippen molar-refractivity contribution < 1.29 is 0 Å². The van der Waals surface area contributed by atoms with Gasteiger partial charge in [-0.1, -0.05) is 19.9 Å². The van der Waals surface area contributed by atoms with Crippen molar-refractivity contribution in [2.45, 2.75) is 20.3 Å². The topological polar surface area (TPSA) is 67.6 Å². The molecule has 0 aromatic carbocycles. The number of nitrogens with zero attached hydrogens (tertiary/aromatic N) is 2. The van der Waals surface area contributed by atoms with E-state index in [1.807, 2.05) is 24.4 Å². The average molecular weight is 230 g/mol. The van der Waals surface area contributed by atoms with Gasteiger partial charge in [-0.15, -0.1) is 0 Å². The van der Waals surface area contributed by atoms with Crippen molar-refractivity contribution >= 4 is 0 Å². The van der Waals surface area contributed by atoms with Crippen LogP contribution in [0.2, 0.25) is 0 Å². The van der Waals surface area contributed by atoms with Gasteiger partial charge in [0.25, 0.3) is 0 Å². The number of hydrogen-bond donors (Lipinski definition) is 2. The normalized spacial score (nSPS) is 11.7. The van der Waals surface area contributed by atoms with E-state index in [-0.39, 0.29) is 5.41 Å². The summed E-state index contributed by atoms with van der Waals surface area (Å²) in [6, 6.07) is 5.83. The second-order valence-corrected chi connectivity index (χ2v) is 5.00. The molecule has 2 heterocycles. The van der Waals surface area contributed by atoms with Crippen molar-refractivity contribution in [2.24, 2.45) is 11.1 Å². The van der Waals surface area contributed by atoms with E-state index < -0.39 is 0 Å². The third kappa shape index (κ3) is 2.91. The van der Waals surface area contributed by atoms with Crippen molar-refractivity contribution in [2.75, 3.05) is 6.54 Å². The zero-order valence-electron chi connectivity index (χ0n) is 10.3. The summed E-state index contributed by atoms with van der Waals surface area (Å²) in [4.78, 5) is 11.9. The molecule has 0 saturated heterocycles. The fourth-order valence-corrected chi connectivity index (χ4v) is 1.63. The largest absolute Gasteiger partial charge is 0.341 e. The lowest BCUT2D eigenvalue weighted by Gasteiger charge is -2.20. The van der Waals surface area contributed by atoms with Gasteiger partial charge in [0.05, 0.1) is 17.6 Å². The summed E-state index contributed by atoms with van der Waals surface area (Å²) >= 11 is 0. The standard InChI is InChI=1S/C13H18N4/c1-13(2,9-14)7-12-16-8-11(17-12)10-5-3-4-6-15-10/h3-6,8H,7,9,14H2,1-2H3,(H,16,17). The number of pyridine rings is 1. The van der Waals surface area contributed by atoms with Crippen LogP contribution in [0.5, 0.6) is 0 Å². The van der Waals surface area contributed by atoms with E-state index in [0.717, 1.165) is 23.6 Å². The first-order valence-corrected chi connectivity index (χ1v) is 5.76.